The van der Waals surface area contributed by atoms with Gasteiger partial charge < -0.3 is 17.7 Å². The Morgan fingerprint density at radius 2 is 1.74 bits per heavy atom. The summed E-state index contributed by atoms with van der Waals surface area (Å²) in [4.78, 5) is 0. The van der Waals surface area contributed by atoms with Crippen LogP contribution in [0.15, 0.2) is 48.5 Å². The third-order valence-electron chi connectivity index (χ3n) is 2.56. The predicted molar refractivity (Wildman–Crippen MR) is 70.9 cm³/mol. The van der Waals surface area contributed by atoms with Gasteiger partial charge >= 0.3 is 6.98 Å². The third kappa shape index (κ3) is 3.67. The van der Waals surface area contributed by atoms with Crippen LogP contribution in [-0.4, -0.2) is 6.98 Å². The van der Waals surface area contributed by atoms with Crippen molar-refractivity contribution in [2.45, 2.75) is 6.61 Å². The Kier molecular flexibility index (Phi) is 4.05. The van der Waals surface area contributed by atoms with E-state index in [1.807, 2.05) is 0 Å². The lowest BCUT2D eigenvalue weighted by Gasteiger charge is -2.19. The zero-order valence-corrected chi connectivity index (χ0v) is 10.6. The Balaban J connectivity index is 2.16. The van der Waals surface area contributed by atoms with Gasteiger partial charge in [0, 0.05) is 5.02 Å². The molecule has 0 unspecified atom stereocenters. The van der Waals surface area contributed by atoms with Crippen molar-refractivity contribution in [3.05, 3.63) is 59.1 Å². The summed E-state index contributed by atoms with van der Waals surface area (Å²) in [6.07, 6.45) is 0. The fourth-order valence-electron chi connectivity index (χ4n) is 1.67. The number of rotatable bonds is 4. The molecule has 0 fully saturated rings. The maximum atomic E-state index is 12.8. The van der Waals surface area contributed by atoms with Gasteiger partial charge in [0.25, 0.3) is 0 Å². The van der Waals surface area contributed by atoms with E-state index < -0.39 is 12.4 Å². The Hall–Kier alpha value is -1.62. The van der Waals surface area contributed by atoms with Crippen LogP contribution in [0, 0.1) is 0 Å². The summed E-state index contributed by atoms with van der Waals surface area (Å²) >= 11 is 5.80. The van der Waals surface area contributed by atoms with Gasteiger partial charge in [-0.05, 0) is 23.8 Å². The summed E-state index contributed by atoms with van der Waals surface area (Å²) < 4.78 is 43.6. The summed E-state index contributed by atoms with van der Waals surface area (Å²) in [7, 11) is 0. The summed E-state index contributed by atoms with van der Waals surface area (Å²) in [6.45, 7) is -5.03. The normalized spacial score (nSPS) is 11.4. The minimum absolute atomic E-state index is 0.0454. The molecule has 0 bridgehead atoms. The molecule has 0 saturated heterocycles. The highest BCUT2D eigenvalue weighted by Gasteiger charge is 2.28. The van der Waals surface area contributed by atoms with E-state index in [0.717, 1.165) is 11.6 Å². The van der Waals surface area contributed by atoms with Gasteiger partial charge in [-0.25, -0.2) is 0 Å². The Morgan fingerprint density at radius 3 is 2.42 bits per heavy atom. The summed E-state index contributed by atoms with van der Waals surface area (Å²) in [5.41, 5.74) is 0.00139. The molecule has 0 amide bonds. The van der Waals surface area contributed by atoms with Crippen molar-refractivity contribution >= 4 is 24.0 Å². The Labute approximate surface area is 114 Å². The van der Waals surface area contributed by atoms with Crippen LogP contribution in [0.2, 0.25) is 5.02 Å². The largest absolute Gasteiger partial charge is 0.513 e. The minimum Gasteiger partial charge on any atom is -0.492 e. The van der Waals surface area contributed by atoms with Crippen molar-refractivity contribution in [2.75, 3.05) is 0 Å². The van der Waals surface area contributed by atoms with E-state index >= 15 is 0 Å². The quantitative estimate of drug-likeness (QED) is 0.772. The van der Waals surface area contributed by atoms with Crippen LogP contribution in [0.1, 0.15) is 5.56 Å². The van der Waals surface area contributed by atoms with E-state index in [9.17, 15) is 12.9 Å². The number of ether oxygens (including phenoxy) is 1. The monoisotopic (exact) mass is 285 g/mol. The first-order valence-electron chi connectivity index (χ1n) is 5.63. The second kappa shape index (κ2) is 5.57. The third-order valence-corrected chi connectivity index (χ3v) is 2.79. The van der Waals surface area contributed by atoms with Crippen LogP contribution in [0.25, 0.3) is 0 Å². The molecule has 6 heteroatoms. The molecule has 1 nitrogen and oxygen atoms in total. The van der Waals surface area contributed by atoms with Gasteiger partial charge in [0.1, 0.15) is 6.61 Å². The van der Waals surface area contributed by atoms with E-state index in [2.05, 4.69) is 0 Å². The highest BCUT2D eigenvalue weighted by molar-refractivity contribution is 6.74. The molecule has 0 aromatic heterocycles. The number of hydrogen-bond acceptors (Lipinski definition) is 1. The zero-order chi connectivity index (χ0) is 13.9. The summed E-state index contributed by atoms with van der Waals surface area (Å²) in [5.74, 6) is -0.157. The molecule has 2 aromatic carbocycles. The van der Waals surface area contributed by atoms with Crippen LogP contribution in [0.5, 0.6) is 5.75 Å². The van der Waals surface area contributed by atoms with E-state index in [4.69, 9.17) is 16.3 Å². The van der Waals surface area contributed by atoms with E-state index in [0.29, 0.717) is 5.02 Å². The van der Waals surface area contributed by atoms with Gasteiger partial charge in [0.05, 0.1) is 5.75 Å². The fourth-order valence-corrected chi connectivity index (χ4v) is 1.88. The van der Waals surface area contributed by atoms with Crippen LogP contribution < -0.4 is 10.2 Å². The second-order valence-corrected chi connectivity index (χ2v) is 4.47. The van der Waals surface area contributed by atoms with Crippen LogP contribution >= 0.6 is 11.6 Å². The van der Waals surface area contributed by atoms with Crippen molar-refractivity contribution in [3.8, 4) is 5.75 Å². The molecule has 0 N–H and O–H groups in total. The van der Waals surface area contributed by atoms with Gasteiger partial charge in [-0.15, -0.1) is 0 Å². The SMILES string of the molecule is F[B-](F)(F)c1ccccc1OCc1cccc(Cl)c1. The van der Waals surface area contributed by atoms with Crippen molar-refractivity contribution in [1.82, 2.24) is 0 Å². The smallest absolute Gasteiger partial charge is 0.492 e. The molecular weight excluding hydrogens is 275 g/mol. The minimum atomic E-state index is -5.08. The van der Waals surface area contributed by atoms with Gasteiger partial charge in [0.2, 0.25) is 0 Å². The van der Waals surface area contributed by atoms with Crippen LogP contribution in [0.3, 0.4) is 0 Å². The first-order valence-corrected chi connectivity index (χ1v) is 6.01. The van der Waals surface area contributed by atoms with Crippen LogP contribution in [-0.2, 0) is 6.61 Å². The van der Waals surface area contributed by atoms with Gasteiger partial charge in [0.15, 0.2) is 0 Å². The molecular formula is C13H10BClF3O-. The number of hydrogen-bond donors (Lipinski definition) is 0. The first-order chi connectivity index (χ1) is 8.97. The lowest BCUT2D eigenvalue weighted by molar-refractivity contribution is 0.307. The molecule has 0 aliphatic rings. The molecule has 0 aliphatic carbocycles. The molecule has 0 atom stereocenters. The number of benzene rings is 2. The van der Waals surface area contributed by atoms with E-state index in [-0.39, 0.29) is 12.4 Å². The highest BCUT2D eigenvalue weighted by Crippen LogP contribution is 2.19. The average Bonchev–Trinajstić information content (AvgIpc) is 2.36. The second-order valence-electron chi connectivity index (χ2n) is 4.03. The average molecular weight is 285 g/mol. The number of halogens is 4. The fraction of sp³-hybridized carbons (Fsp3) is 0.0769. The standard InChI is InChI=1S/C13H10BClF3O/c15-11-5-3-4-10(8-11)9-19-13-7-2-1-6-12(13)14(16,17)18/h1-8H,9H2/q-1. The number of para-hydroxylation sites is 1. The zero-order valence-electron chi connectivity index (χ0n) is 9.82. The molecule has 2 rings (SSSR count). The molecule has 0 heterocycles. The Bertz CT molecular complexity index is 572. The van der Waals surface area contributed by atoms with Crippen molar-refractivity contribution in [1.29, 1.82) is 0 Å². The van der Waals surface area contributed by atoms with Gasteiger partial charge in [-0.3, -0.25) is 0 Å². The van der Waals surface area contributed by atoms with Gasteiger partial charge in [-0.2, -0.15) is 0 Å². The molecule has 0 aliphatic heterocycles. The van der Waals surface area contributed by atoms with E-state index in [1.54, 1.807) is 24.3 Å². The maximum absolute atomic E-state index is 12.8. The molecule has 2 aromatic rings. The van der Waals surface area contributed by atoms with Gasteiger partial charge in [-0.1, -0.05) is 47.4 Å². The molecule has 0 saturated carbocycles. The van der Waals surface area contributed by atoms with Crippen molar-refractivity contribution < 1.29 is 17.7 Å². The van der Waals surface area contributed by atoms with Crippen LogP contribution in [0.4, 0.5) is 12.9 Å². The lowest BCUT2D eigenvalue weighted by atomic mass is 9.79. The van der Waals surface area contributed by atoms with E-state index in [1.165, 1.54) is 18.2 Å². The maximum Gasteiger partial charge on any atom is 0.513 e. The first kappa shape index (κ1) is 13.8. The van der Waals surface area contributed by atoms with Crippen molar-refractivity contribution in [3.63, 3.8) is 0 Å². The molecule has 0 radical (unpaired) electrons. The highest BCUT2D eigenvalue weighted by atomic mass is 35.5. The molecule has 100 valence electrons. The van der Waals surface area contributed by atoms with Crippen molar-refractivity contribution in [2.24, 2.45) is 0 Å². The lowest BCUT2D eigenvalue weighted by Crippen LogP contribution is -2.35. The summed E-state index contributed by atoms with van der Waals surface area (Å²) in [6, 6.07) is 12.0. The molecule has 0 spiro atoms. The topological polar surface area (TPSA) is 9.23 Å². The molecule has 19 heavy (non-hydrogen) atoms. The summed E-state index contributed by atoms with van der Waals surface area (Å²) in [5, 5.41) is 0.523. The predicted octanol–water partition coefficient (Wildman–Crippen LogP) is 3.97. The Morgan fingerprint density at radius 1 is 1.00 bits per heavy atom.